The van der Waals surface area contributed by atoms with Crippen molar-refractivity contribution in [1.29, 1.82) is 0 Å². The number of hydrogen-bond acceptors (Lipinski definition) is 1. The minimum absolute atomic E-state index is 0.102. The Balaban J connectivity index is 2.31. The van der Waals surface area contributed by atoms with Crippen molar-refractivity contribution in [3.05, 3.63) is 29.6 Å². The molecule has 4 heteroatoms. The van der Waals surface area contributed by atoms with Crippen LogP contribution >= 0.6 is 0 Å². The van der Waals surface area contributed by atoms with Crippen LogP contribution in [0.5, 0.6) is 5.75 Å². The molecule has 13 heavy (non-hydrogen) atoms. The minimum Gasteiger partial charge on any atom is -0.484 e. The molecule has 0 spiro atoms. The van der Waals surface area contributed by atoms with Crippen LogP contribution < -0.4 is 4.74 Å². The SMILES string of the molecule is Fc1cc(F)c(OC2CC2)c(F)c1. The van der Waals surface area contributed by atoms with E-state index < -0.39 is 23.2 Å². The quantitative estimate of drug-likeness (QED) is 0.693. The first kappa shape index (κ1) is 8.41. The highest BCUT2D eigenvalue weighted by Gasteiger charge is 2.26. The Kier molecular flexibility index (Phi) is 1.90. The van der Waals surface area contributed by atoms with Gasteiger partial charge in [-0.25, -0.2) is 13.2 Å². The van der Waals surface area contributed by atoms with Gasteiger partial charge in [-0.15, -0.1) is 0 Å². The van der Waals surface area contributed by atoms with Crippen molar-refractivity contribution >= 4 is 0 Å². The second-order valence-corrected chi connectivity index (χ2v) is 3.02. The van der Waals surface area contributed by atoms with E-state index in [1.54, 1.807) is 0 Å². The van der Waals surface area contributed by atoms with Crippen molar-refractivity contribution in [2.45, 2.75) is 18.9 Å². The molecule has 0 heterocycles. The molecular weight excluding hydrogens is 181 g/mol. The Hall–Kier alpha value is -1.19. The zero-order chi connectivity index (χ0) is 9.42. The molecule has 70 valence electrons. The molecule has 0 amide bonds. The van der Waals surface area contributed by atoms with Gasteiger partial charge < -0.3 is 4.74 Å². The average Bonchev–Trinajstić information content (AvgIpc) is 2.79. The van der Waals surface area contributed by atoms with Gasteiger partial charge in [0.05, 0.1) is 6.10 Å². The molecule has 0 atom stereocenters. The van der Waals surface area contributed by atoms with Crippen LogP contribution in [0.1, 0.15) is 12.8 Å². The Labute approximate surface area is 73.1 Å². The predicted octanol–water partition coefficient (Wildman–Crippen LogP) is 2.65. The normalized spacial score (nSPS) is 15.9. The maximum atomic E-state index is 12.9. The first-order valence-electron chi connectivity index (χ1n) is 3.98. The molecule has 1 fully saturated rings. The fraction of sp³-hybridized carbons (Fsp3) is 0.333. The van der Waals surface area contributed by atoms with Crippen molar-refractivity contribution in [2.75, 3.05) is 0 Å². The topological polar surface area (TPSA) is 9.23 Å². The largest absolute Gasteiger partial charge is 0.484 e. The van der Waals surface area contributed by atoms with Crippen LogP contribution in [0.25, 0.3) is 0 Å². The van der Waals surface area contributed by atoms with E-state index in [9.17, 15) is 13.2 Å². The third kappa shape index (κ3) is 1.76. The third-order valence-corrected chi connectivity index (χ3v) is 1.77. The van der Waals surface area contributed by atoms with Gasteiger partial charge in [0.15, 0.2) is 17.4 Å². The minimum atomic E-state index is -0.982. The Morgan fingerprint density at radius 1 is 1.08 bits per heavy atom. The number of halogens is 3. The van der Waals surface area contributed by atoms with Gasteiger partial charge in [0, 0.05) is 12.1 Å². The van der Waals surface area contributed by atoms with E-state index in [4.69, 9.17) is 4.74 Å². The highest BCUT2D eigenvalue weighted by molar-refractivity contribution is 5.27. The fourth-order valence-corrected chi connectivity index (χ4v) is 0.994. The lowest BCUT2D eigenvalue weighted by molar-refractivity contribution is 0.270. The first-order valence-corrected chi connectivity index (χ1v) is 3.98. The summed E-state index contributed by atoms with van der Waals surface area (Å²) in [4.78, 5) is 0. The third-order valence-electron chi connectivity index (χ3n) is 1.77. The van der Waals surface area contributed by atoms with Crippen LogP contribution in [0.15, 0.2) is 12.1 Å². The van der Waals surface area contributed by atoms with E-state index in [1.165, 1.54) is 0 Å². The highest BCUT2D eigenvalue weighted by atomic mass is 19.1. The molecule has 1 aliphatic carbocycles. The molecule has 2 rings (SSSR count). The summed E-state index contributed by atoms with van der Waals surface area (Å²) in [5.74, 6) is -3.36. The standard InChI is InChI=1S/C9H7F3O/c10-5-3-7(11)9(8(12)4-5)13-6-1-2-6/h3-4,6H,1-2H2. The second kappa shape index (κ2) is 2.94. The summed E-state index contributed by atoms with van der Waals surface area (Å²) in [5.41, 5.74) is 0. The summed E-state index contributed by atoms with van der Waals surface area (Å²) in [6, 6.07) is 1.22. The summed E-state index contributed by atoms with van der Waals surface area (Å²) < 4.78 is 43.1. The Morgan fingerprint density at radius 3 is 2.08 bits per heavy atom. The molecule has 0 unspecified atom stereocenters. The molecule has 0 aliphatic heterocycles. The molecule has 1 saturated carbocycles. The van der Waals surface area contributed by atoms with Crippen molar-refractivity contribution in [3.8, 4) is 5.75 Å². The number of rotatable bonds is 2. The lowest BCUT2D eigenvalue weighted by atomic mass is 10.3. The molecule has 0 radical (unpaired) electrons. The van der Waals surface area contributed by atoms with Crippen LogP contribution in [-0.2, 0) is 0 Å². The van der Waals surface area contributed by atoms with Gasteiger partial charge in [-0.05, 0) is 12.8 Å². The number of benzene rings is 1. The number of ether oxygens (including phenoxy) is 1. The molecular formula is C9H7F3O. The van der Waals surface area contributed by atoms with Crippen LogP contribution in [0.3, 0.4) is 0 Å². The predicted molar refractivity (Wildman–Crippen MR) is 40.0 cm³/mol. The van der Waals surface area contributed by atoms with Crippen molar-refractivity contribution < 1.29 is 17.9 Å². The lowest BCUT2D eigenvalue weighted by Crippen LogP contribution is -2.01. The Morgan fingerprint density at radius 2 is 1.62 bits per heavy atom. The van der Waals surface area contributed by atoms with E-state index in [0.717, 1.165) is 12.8 Å². The summed E-state index contributed by atoms with van der Waals surface area (Å²) in [6.07, 6.45) is 1.50. The summed E-state index contributed by atoms with van der Waals surface area (Å²) in [6.45, 7) is 0. The average molecular weight is 188 g/mol. The van der Waals surface area contributed by atoms with Gasteiger partial charge in [0.25, 0.3) is 0 Å². The van der Waals surface area contributed by atoms with E-state index in [0.29, 0.717) is 12.1 Å². The van der Waals surface area contributed by atoms with Gasteiger partial charge in [0.1, 0.15) is 5.82 Å². The maximum absolute atomic E-state index is 12.9. The zero-order valence-corrected chi connectivity index (χ0v) is 6.69. The van der Waals surface area contributed by atoms with E-state index in [1.807, 2.05) is 0 Å². The number of hydrogen-bond donors (Lipinski definition) is 0. The molecule has 0 saturated heterocycles. The monoisotopic (exact) mass is 188 g/mol. The molecule has 0 bridgehead atoms. The van der Waals surface area contributed by atoms with Crippen molar-refractivity contribution in [2.24, 2.45) is 0 Å². The van der Waals surface area contributed by atoms with Crippen LogP contribution in [0.4, 0.5) is 13.2 Å². The van der Waals surface area contributed by atoms with Crippen molar-refractivity contribution in [3.63, 3.8) is 0 Å². The first-order chi connectivity index (χ1) is 6.16. The van der Waals surface area contributed by atoms with Gasteiger partial charge in [0.2, 0.25) is 0 Å². The van der Waals surface area contributed by atoms with Crippen LogP contribution in [0.2, 0.25) is 0 Å². The second-order valence-electron chi connectivity index (χ2n) is 3.02. The summed E-state index contributed by atoms with van der Waals surface area (Å²) in [5, 5.41) is 0. The molecule has 0 aromatic heterocycles. The van der Waals surface area contributed by atoms with Gasteiger partial charge in [-0.3, -0.25) is 0 Å². The van der Waals surface area contributed by atoms with Crippen LogP contribution in [-0.4, -0.2) is 6.10 Å². The van der Waals surface area contributed by atoms with Gasteiger partial charge in [-0.1, -0.05) is 0 Å². The molecule has 1 aliphatic rings. The van der Waals surface area contributed by atoms with E-state index >= 15 is 0 Å². The summed E-state index contributed by atoms with van der Waals surface area (Å²) >= 11 is 0. The summed E-state index contributed by atoms with van der Waals surface area (Å²) in [7, 11) is 0. The highest BCUT2D eigenvalue weighted by Crippen LogP contribution is 2.30. The molecule has 0 N–H and O–H groups in total. The smallest absolute Gasteiger partial charge is 0.191 e. The van der Waals surface area contributed by atoms with Gasteiger partial charge in [-0.2, -0.15) is 0 Å². The van der Waals surface area contributed by atoms with Crippen molar-refractivity contribution in [1.82, 2.24) is 0 Å². The maximum Gasteiger partial charge on any atom is 0.191 e. The Bertz CT molecular complexity index is 311. The molecule has 1 nitrogen and oxygen atoms in total. The van der Waals surface area contributed by atoms with E-state index in [-0.39, 0.29) is 6.10 Å². The zero-order valence-electron chi connectivity index (χ0n) is 6.69. The van der Waals surface area contributed by atoms with E-state index in [2.05, 4.69) is 0 Å². The molecule has 1 aromatic carbocycles. The van der Waals surface area contributed by atoms with Crippen LogP contribution in [0, 0.1) is 17.5 Å². The lowest BCUT2D eigenvalue weighted by Gasteiger charge is -2.06. The van der Waals surface area contributed by atoms with Gasteiger partial charge >= 0.3 is 0 Å². The fourth-order valence-electron chi connectivity index (χ4n) is 0.994. The molecule has 1 aromatic rings.